The van der Waals surface area contributed by atoms with Crippen LogP contribution >= 0.6 is 0 Å². The minimum Gasteiger partial charge on any atom is -0.306 e. The highest BCUT2D eigenvalue weighted by atomic mass is 19.2. The summed E-state index contributed by atoms with van der Waals surface area (Å²) in [6.45, 7) is 4.59. The van der Waals surface area contributed by atoms with Gasteiger partial charge in [-0.05, 0) is 24.2 Å². The molecule has 3 nitrogen and oxygen atoms in total. The van der Waals surface area contributed by atoms with E-state index in [-0.39, 0.29) is 29.6 Å². The first-order valence-electron chi connectivity index (χ1n) is 7.66. The standard InChI is InChI=1S/C17H17F5N2O/c1-8(25)4-10-11(17(10,2)3)6-24(7-23)5-9-12(18)14(20)16(22)15(21)13(9)19/h10-11H,4-6H2,1-3H3/t10-,11+/m0/s1. The molecule has 0 spiro atoms. The Morgan fingerprint density at radius 2 is 1.52 bits per heavy atom. The van der Waals surface area contributed by atoms with Crippen molar-refractivity contribution >= 4 is 5.78 Å². The summed E-state index contributed by atoms with van der Waals surface area (Å²) < 4.78 is 67.1. The van der Waals surface area contributed by atoms with E-state index in [0.717, 1.165) is 4.90 Å². The molecule has 2 atom stereocenters. The molecule has 0 N–H and O–H groups in total. The zero-order valence-corrected chi connectivity index (χ0v) is 14.0. The van der Waals surface area contributed by atoms with E-state index in [1.807, 2.05) is 13.8 Å². The number of halogens is 5. The Morgan fingerprint density at radius 3 is 1.96 bits per heavy atom. The molecule has 8 heteroatoms. The molecule has 0 amide bonds. The summed E-state index contributed by atoms with van der Waals surface area (Å²) in [6, 6.07) is 0. The van der Waals surface area contributed by atoms with Crippen LogP contribution in [-0.2, 0) is 11.3 Å². The number of nitriles is 1. The minimum atomic E-state index is -2.23. The van der Waals surface area contributed by atoms with Gasteiger partial charge in [-0.3, -0.25) is 0 Å². The second kappa shape index (κ2) is 6.62. The quantitative estimate of drug-likeness (QED) is 0.254. The fraction of sp³-hybridized carbons (Fsp3) is 0.529. The average Bonchev–Trinajstić information content (AvgIpc) is 3.04. The van der Waals surface area contributed by atoms with E-state index in [1.54, 1.807) is 6.19 Å². The van der Waals surface area contributed by atoms with E-state index in [4.69, 9.17) is 0 Å². The zero-order chi connectivity index (χ0) is 19.1. The van der Waals surface area contributed by atoms with E-state index in [9.17, 15) is 32.0 Å². The summed E-state index contributed by atoms with van der Waals surface area (Å²) in [6.07, 6.45) is 2.04. The third kappa shape index (κ3) is 3.46. The summed E-state index contributed by atoms with van der Waals surface area (Å²) in [5.74, 6) is -10.3. The van der Waals surface area contributed by atoms with Crippen molar-refractivity contribution in [2.75, 3.05) is 6.54 Å². The van der Waals surface area contributed by atoms with Crippen molar-refractivity contribution in [3.8, 4) is 6.19 Å². The molecule has 0 heterocycles. The molecule has 0 unspecified atom stereocenters. The summed E-state index contributed by atoms with van der Waals surface area (Å²) in [7, 11) is 0. The Morgan fingerprint density at radius 1 is 1.04 bits per heavy atom. The molecule has 0 aliphatic heterocycles. The van der Waals surface area contributed by atoms with Crippen LogP contribution in [-0.4, -0.2) is 17.2 Å². The molecule has 1 fully saturated rings. The second-order valence-electron chi connectivity index (χ2n) is 6.97. The van der Waals surface area contributed by atoms with Gasteiger partial charge in [-0.1, -0.05) is 13.8 Å². The van der Waals surface area contributed by atoms with Gasteiger partial charge in [0.2, 0.25) is 5.82 Å². The minimum absolute atomic E-state index is 0.0103. The molecule has 0 aromatic heterocycles. The van der Waals surface area contributed by atoms with Crippen LogP contribution in [0.2, 0.25) is 0 Å². The first-order valence-corrected chi connectivity index (χ1v) is 7.66. The van der Waals surface area contributed by atoms with Crippen molar-refractivity contribution in [1.82, 2.24) is 4.90 Å². The number of carbonyl (C=O) groups excluding carboxylic acids is 1. The Balaban J connectivity index is 2.20. The first-order chi connectivity index (χ1) is 11.5. The lowest BCUT2D eigenvalue weighted by atomic mass is 10.1. The van der Waals surface area contributed by atoms with Gasteiger partial charge < -0.3 is 9.69 Å². The SMILES string of the molecule is CC(=O)C[C@H]1[C@@H](CN(C#N)Cc2c(F)c(F)c(F)c(F)c2F)C1(C)C. The third-order valence-electron chi connectivity index (χ3n) is 5.00. The van der Waals surface area contributed by atoms with Crippen molar-refractivity contribution in [2.24, 2.45) is 17.3 Å². The number of hydrogen-bond donors (Lipinski definition) is 0. The van der Waals surface area contributed by atoms with Crippen molar-refractivity contribution in [3.63, 3.8) is 0 Å². The molecular weight excluding hydrogens is 343 g/mol. The Labute approximate surface area is 142 Å². The molecule has 136 valence electrons. The van der Waals surface area contributed by atoms with E-state index < -0.39 is 41.2 Å². The van der Waals surface area contributed by atoms with Gasteiger partial charge in [0.25, 0.3) is 0 Å². The Kier molecular flexibility index (Phi) is 5.07. The van der Waals surface area contributed by atoms with Crippen LogP contribution < -0.4 is 0 Å². The van der Waals surface area contributed by atoms with Gasteiger partial charge in [-0.25, -0.2) is 22.0 Å². The second-order valence-corrected chi connectivity index (χ2v) is 6.97. The van der Waals surface area contributed by atoms with E-state index in [2.05, 4.69) is 0 Å². The molecule has 1 saturated carbocycles. The maximum atomic E-state index is 13.8. The highest BCUT2D eigenvalue weighted by Crippen LogP contribution is 2.60. The van der Waals surface area contributed by atoms with E-state index >= 15 is 0 Å². The van der Waals surface area contributed by atoms with Gasteiger partial charge in [0.15, 0.2) is 29.5 Å². The number of rotatable bonds is 6. The molecule has 2 rings (SSSR count). The fourth-order valence-electron chi connectivity index (χ4n) is 3.29. The molecule has 1 aromatic carbocycles. The smallest absolute Gasteiger partial charge is 0.200 e. The lowest BCUT2D eigenvalue weighted by Gasteiger charge is -2.18. The fourth-order valence-corrected chi connectivity index (χ4v) is 3.29. The number of ketones is 1. The monoisotopic (exact) mass is 360 g/mol. The highest BCUT2D eigenvalue weighted by molar-refractivity contribution is 5.76. The van der Waals surface area contributed by atoms with Gasteiger partial charge in [0, 0.05) is 18.5 Å². The topological polar surface area (TPSA) is 44.1 Å². The number of carbonyl (C=O) groups is 1. The summed E-state index contributed by atoms with van der Waals surface area (Å²) >= 11 is 0. The van der Waals surface area contributed by atoms with E-state index in [1.165, 1.54) is 6.92 Å². The first kappa shape index (κ1) is 19.2. The molecular formula is C17H17F5N2O. The maximum absolute atomic E-state index is 13.8. The predicted molar refractivity (Wildman–Crippen MR) is 78.3 cm³/mol. The van der Waals surface area contributed by atoms with E-state index in [0.29, 0.717) is 6.42 Å². The van der Waals surface area contributed by atoms with Crippen molar-refractivity contribution in [1.29, 1.82) is 5.26 Å². The number of nitrogens with zero attached hydrogens (tertiary/aromatic N) is 2. The van der Waals surface area contributed by atoms with Crippen LogP contribution in [0.4, 0.5) is 22.0 Å². The lowest BCUT2D eigenvalue weighted by Crippen LogP contribution is -2.24. The average molecular weight is 360 g/mol. The largest absolute Gasteiger partial charge is 0.306 e. The van der Waals surface area contributed by atoms with Crippen molar-refractivity contribution in [3.05, 3.63) is 34.6 Å². The maximum Gasteiger partial charge on any atom is 0.200 e. The van der Waals surface area contributed by atoms with Crippen LogP contribution in [0.15, 0.2) is 0 Å². The number of Topliss-reactive ketones (excluding diaryl/α,β-unsaturated/α-hetero) is 1. The summed E-state index contributed by atoms with van der Waals surface area (Å²) in [5, 5.41) is 9.18. The lowest BCUT2D eigenvalue weighted by molar-refractivity contribution is -0.117. The predicted octanol–water partition coefficient (Wildman–Crippen LogP) is 3.92. The Hall–Kier alpha value is -2.17. The molecule has 1 aromatic rings. The van der Waals surface area contributed by atoms with Crippen LogP contribution in [0.3, 0.4) is 0 Å². The molecule has 1 aliphatic rings. The van der Waals surface area contributed by atoms with Crippen molar-refractivity contribution in [2.45, 2.75) is 33.7 Å². The van der Waals surface area contributed by atoms with Crippen LogP contribution in [0, 0.1) is 57.8 Å². The van der Waals surface area contributed by atoms with Gasteiger partial charge in [0.1, 0.15) is 5.78 Å². The molecule has 1 aliphatic carbocycles. The molecule has 25 heavy (non-hydrogen) atoms. The van der Waals surface area contributed by atoms with Crippen LogP contribution in [0.1, 0.15) is 32.8 Å². The van der Waals surface area contributed by atoms with Crippen LogP contribution in [0.25, 0.3) is 0 Å². The number of benzene rings is 1. The van der Waals surface area contributed by atoms with Crippen LogP contribution in [0.5, 0.6) is 0 Å². The normalized spacial score (nSPS) is 20.9. The Bertz CT molecular complexity index is 727. The molecule has 0 saturated heterocycles. The third-order valence-corrected chi connectivity index (χ3v) is 5.00. The molecule has 0 radical (unpaired) electrons. The highest BCUT2D eigenvalue weighted by Gasteiger charge is 2.57. The van der Waals surface area contributed by atoms with Gasteiger partial charge in [0.05, 0.1) is 6.54 Å². The van der Waals surface area contributed by atoms with Gasteiger partial charge >= 0.3 is 0 Å². The summed E-state index contributed by atoms with van der Waals surface area (Å²) in [5.41, 5.74) is -1.28. The van der Waals surface area contributed by atoms with Crippen molar-refractivity contribution < 1.29 is 26.7 Å². The summed E-state index contributed by atoms with van der Waals surface area (Å²) in [4.78, 5) is 12.2. The zero-order valence-electron chi connectivity index (χ0n) is 14.0. The molecule has 0 bridgehead atoms. The van der Waals surface area contributed by atoms with Gasteiger partial charge in [-0.2, -0.15) is 5.26 Å². The van der Waals surface area contributed by atoms with Gasteiger partial charge in [-0.15, -0.1) is 0 Å². The number of hydrogen-bond acceptors (Lipinski definition) is 3.